The highest BCUT2D eigenvalue weighted by atomic mass is 32.2. The molecule has 0 aromatic heterocycles. The second-order valence-electron chi connectivity index (χ2n) is 21.2. The van der Waals surface area contributed by atoms with Crippen LogP contribution in [0, 0.1) is 0 Å². The Kier molecular flexibility index (Phi) is 37.3. The molecule has 1 aliphatic carbocycles. The molecule has 430 valence electrons. The van der Waals surface area contributed by atoms with Gasteiger partial charge >= 0.3 is 12.1 Å². The molecule has 2 aromatic carbocycles. The Bertz CT molecular complexity index is 1840. The number of rotatable bonds is 49. The van der Waals surface area contributed by atoms with Gasteiger partial charge in [0.2, 0.25) is 17.7 Å². The molecule has 0 bridgehead atoms. The van der Waals surface area contributed by atoms with Crippen molar-refractivity contribution in [2.45, 2.75) is 250 Å². The third-order valence-electron chi connectivity index (χ3n) is 14.7. The normalized spacial score (nSPS) is 13.6. The smallest absolute Gasteiger partial charge is 0.407 e. The van der Waals surface area contributed by atoms with Crippen LogP contribution in [0.3, 0.4) is 0 Å². The Morgan fingerprint density at radius 2 is 0.987 bits per heavy atom. The quantitative estimate of drug-likeness (QED) is 0.0398. The molecule has 0 saturated carbocycles. The molecule has 0 saturated heterocycles. The van der Waals surface area contributed by atoms with Gasteiger partial charge in [-0.1, -0.05) is 236 Å². The number of primary amides is 1. The third-order valence-corrected chi connectivity index (χ3v) is 15.9. The molecule has 6 N–H and O–H groups in total. The SMILES string of the molecule is CCCCCCCCCCCCCCCCOC[C@H](CSC[C@H](NC(=O)OCC1c2ccccc2-c2ccccc21)C(=O)N[C@H](CC)C(=O)N[C@H](CCC(=O)O)C(N)=O)OCCCCCCCCCCCCCCCC. The minimum atomic E-state index is -1.24. The van der Waals surface area contributed by atoms with E-state index in [0.717, 1.165) is 47.9 Å². The van der Waals surface area contributed by atoms with Gasteiger partial charge in [0.1, 0.15) is 24.7 Å². The third kappa shape index (κ3) is 29.0. The molecule has 0 radical (unpaired) electrons. The number of nitrogens with two attached hydrogens (primary N) is 1. The number of carboxylic acids is 1. The van der Waals surface area contributed by atoms with Gasteiger partial charge in [0.05, 0.1) is 12.7 Å². The molecule has 0 aliphatic heterocycles. The summed E-state index contributed by atoms with van der Waals surface area (Å²) in [6, 6.07) is 12.7. The fourth-order valence-corrected chi connectivity index (χ4v) is 11.1. The van der Waals surface area contributed by atoms with Crippen LogP contribution in [0.1, 0.15) is 237 Å². The first-order valence-electron chi connectivity index (χ1n) is 30.1. The monoisotopic (exact) mass is 1080 g/mol. The Morgan fingerprint density at radius 3 is 1.45 bits per heavy atom. The van der Waals surface area contributed by atoms with Crippen LogP contribution in [0.2, 0.25) is 0 Å². The van der Waals surface area contributed by atoms with Crippen molar-refractivity contribution < 1.29 is 43.3 Å². The highest BCUT2D eigenvalue weighted by Crippen LogP contribution is 2.44. The summed E-state index contributed by atoms with van der Waals surface area (Å²) in [7, 11) is 0. The first-order valence-corrected chi connectivity index (χ1v) is 31.2. The number of carboxylic acid groups (broad SMARTS) is 1. The predicted molar refractivity (Wildman–Crippen MR) is 311 cm³/mol. The fraction of sp³-hybridized carbons (Fsp3) is 0.726. The molecule has 3 rings (SSSR count). The summed E-state index contributed by atoms with van der Waals surface area (Å²) in [5, 5.41) is 17.2. The topological polar surface area (TPSA) is 195 Å². The van der Waals surface area contributed by atoms with Crippen LogP contribution in [0.5, 0.6) is 0 Å². The van der Waals surface area contributed by atoms with Crippen LogP contribution < -0.4 is 21.7 Å². The zero-order valence-electron chi connectivity index (χ0n) is 47.4. The van der Waals surface area contributed by atoms with E-state index in [2.05, 4.69) is 41.9 Å². The molecule has 4 atom stereocenters. The van der Waals surface area contributed by atoms with Crippen LogP contribution in [-0.4, -0.2) is 97.1 Å². The summed E-state index contributed by atoms with van der Waals surface area (Å²) < 4.78 is 18.6. The molecular weight excluding hydrogens is 977 g/mol. The van der Waals surface area contributed by atoms with Crippen molar-refractivity contribution in [3.05, 3.63) is 59.7 Å². The van der Waals surface area contributed by atoms with Crippen LogP contribution in [0.25, 0.3) is 11.1 Å². The first kappa shape index (κ1) is 66.1. The molecule has 0 fully saturated rings. The summed E-state index contributed by atoms with van der Waals surface area (Å²) in [6.45, 7) is 7.97. The number of unbranched alkanes of at least 4 members (excludes halogenated alkanes) is 26. The van der Waals surface area contributed by atoms with Crippen LogP contribution in [0.15, 0.2) is 48.5 Å². The van der Waals surface area contributed by atoms with Crippen LogP contribution in [-0.2, 0) is 33.4 Å². The summed E-state index contributed by atoms with van der Waals surface area (Å²) in [6.07, 6.45) is 34.6. The number of amides is 4. The van der Waals surface area contributed by atoms with Crippen LogP contribution in [0.4, 0.5) is 4.79 Å². The first-order chi connectivity index (χ1) is 37.1. The number of alkyl carbamates (subject to hydrolysis) is 1. The molecule has 0 unspecified atom stereocenters. The van der Waals surface area contributed by atoms with E-state index in [0.29, 0.717) is 25.6 Å². The number of nitrogens with one attached hydrogen (secondary N) is 3. The van der Waals surface area contributed by atoms with Crippen molar-refractivity contribution >= 4 is 41.5 Å². The van der Waals surface area contributed by atoms with Crippen molar-refractivity contribution in [1.29, 1.82) is 0 Å². The van der Waals surface area contributed by atoms with Gasteiger partial charge in [0, 0.05) is 37.1 Å². The van der Waals surface area contributed by atoms with E-state index in [4.69, 9.17) is 25.1 Å². The molecule has 1 aliphatic rings. The molecule has 13 nitrogen and oxygen atoms in total. The second-order valence-corrected chi connectivity index (χ2v) is 22.3. The molecular formula is C62H102N4O9S. The lowest BCUT2D eigenvalue weighted by atomic mass is 9.98. The number of ether oxygens (including phenoxy) is 3. The molecule has 14 heteroatoms. The maximum atomic E-state index is 14.1. The second kappa shape index (κ2) is 42.8. The number of benzene rings is 2. The van der Waals surface area contributed by atoms with Crippen molar-refractivity contribution in [3.8, 4) is 11.1 Å². The minimum absolute atomic E-state index is 0.0536. The standard InChI is InChI=1S/C62H102N4O9S/c1-4-7-9-11-13-15-17-19-21-23-25-27-29-35-43-73-45-49(74-44-36-30-28-26-24-22-20-18-16-14-12-10-8-5-2)47-76-48-57(61(71)64-55(6-3)60(70)65-56(59(63)69)41-42-58(67)68)66-62(72)75-46-54-52-39-33-31-37-50(52)51-38-32-34-40-53(51)54/h31-34,37-40,49,54-57H,4-30,35-36,41-48H2,1-3H3,(H2,63,69)(H,64,71)(H,65,70)(H,66,72)(H,67,68)/t49-,55-,56-,57+/m1/s1. The summed E-state index contributed by atoms with van der Waals surface area (Å²) >= 11 is 1.45. The van der Waals surface area contributed by atoms with Gasteiger partial charge in [0.25, 0.3) is 0 Å². The van der Waals surface area contributed by atoms with E-state index in [-0.39, 0.29) is 43.6 Å². The zero-order chi connectivity index (χ0) is 54.9. The van der Waals surface area contributed by atoms with Gasteiger partial charge in [0.15, 0.2) is 0 Å². The molecule has 76 heavy (non-hydrogen) atoms. The number of thioether (sulfide) groups is 1. The Hall–Kier alpha value is -4.14. The van der Waals surface area contributed by atoms with Gasteiger partial charge < -0.3 is 41.0 Å². The summed E-state index contributed by atoms with van der Waals surface area (Å²) in [5.41, 5.74) is 9.80. The highest BCUT2D eigenvalue weighted by Gasteiger charge is 2.32. The number of aliphatic carboxylic acids is 1. The Labute approximate surface area is 463 Å². The molecule has 4 amide bonds. The average Bonchev–Trinajstić information content (AvgIpc) is 3.76. The Balaban J connectivity index is 1.58. The number of hydrogen-bond acceptors (Lipinski definition) is 9. The fourth-order valence-electron chi connectivity index (χ4n) is 10.0. The van der Waals surface area contributed by atoms with E-state index in [1.807, 2.05) is 36.4 Å². The number of carbonyl (C=O) groups is 5. The molecule has 0 spiro atoms. The van der Waals surface area contributed by atoms with Gasteiger partial charge in [-0.15, -0.1) is 0 Å². The lowest BCUT2D eigenvalue weighted by Crippen LogP contribution is -2.56. The van der Waals surface area contributed by atoms with E-state index in [1.165, 1.54) is 166 Å². The largest absolute Gasteiger partial charge is 0.481 e. The van der Waals surface area contributed by atoms with Crippen molar-refractivity contribution in [2.24, 2.45) is 5.73 Å². The van der Waals surface area contributed by atoms with E-state index in [1.54, 1.807) is 6.92 Å². The van der Waals surface area contributed by atoms with Crippen molar-refractivity contribution in [2.75, 3.05) is 37.9 Å². The molecule has 2 aromatic rings. The van der Waals surface area contributed by atoms with Crippen LogP contribution >= 0.6 is 11.8 Å². The predicted octanol–water partition coefficient (Wildman–Crippen LogP) is 13.7. The number of fused-ring (bicyclic) bond motifs is 3. The Morgan fingerprint density at radius 1 is 0.553 bits per heavy atom. The van der Waals surface area contributed by atoms with E-state index < -0.39 is 47.9 Å². The average molecular weight is 1080 g/mol. The van der Waals surface area contributed by atoms with Gasteiger partial charge in [-0.3, -0.25) is 19.2 Å². The van der Waals surface area contributed by atoms with E-state index in [9.17, 15) is 24.0 Å². The van der Waals surface area contributed by atoms with Crippen molar-refractivity contribution in [1.82, 2.24) is 16.0 Å². The lowest BCUT2D eigenvalue weighted by molar-refractivity contribution is -0.138. The van der Waals surface area contributed by atoms with Crippen molar-refractivity contribution in [3.63, 3.8) is 0 Å². The maximum absolute atomic E-state index is 14.1. The van der Waals surface area contributed by atoms with Gasteiger partial charge in [-0.25, -0.2) is 4.79 Å². The number of hydrogen-bond donors (Lipinski definition) is 5. The minimum Gasteiger partial charge on any atom is -0.481 e. The zero-order valence-corrected chi connectivity index (χ0v) is 48.2. The van der Waals surface area contributed by atoms with Gasteiger partial charge in [-0.05, 0) is 47.9 Å². The van der Waals surface area contributed by atoms with Gasteiger partial charge in [-0.2, -0.15) is 11.8 Å². The summed E-state index contributed by atoms with van der Waals surface area (Å²) in [5.74, 6) is -2.85. The number of carbonyl (C=O) groups excluding carboxylic acids is 4. The highest BCUT2D eigenvalue weighted by molar-refractivity contribution is 7.99. The lowest BCUT2D eigenvalue weighted by Gasteiger charge is -2.24. The summed E-state index contributed by atoms with van der Waals surface area (Å²) in [4.78, 5) is 64.5. The molecule has 0 heterocycles. The van der Waals surface area contributed by atoms with E-state index >= 15 is 0 Å². The maximum Gasteiger partial charge on any atom is 0.407 e.